The summed E-state index contributed by atoms with van der Waals surface area (Å²) in [5.41, 5.74) is 0. The summed E-state index contributed by atoms with van der Waals surface area (Å²) < 4.78 is 5.35. The highest BCUT2D eigenvalue weighted by atomic mass is 16.5. The van der Waals surface area contributed by atoms with Crippen LogP contribution in [-0.4, -0.2) is 12.6 Å². The second kappa shape index (κ2) is 14.9. The minimum Gasteiger partial charge on any atom is -0.465 e. The van der Waals surface area contributed by atoms with Crippen molar-refractivity contribution < 1.29 is 9.53 Å². The van der Waals surface area contributed by atoms with Crippen molar-refractivity contribution in [3.05, 3.63) is 0 Å². The van der Waals surface area contributed by atoms with E-state index in [-0.39, 0.29) is 11.9 Å². The summed E-state index contributed by atoms with van der Waals surface area (Å²) in [5.74, 6) is 0.207. The summed E-state index contributed by atoms with van der Waals surface area (Å²) in [6.07, 6.45) is 14.3. The second-order valence-electron chi connectivity index (χ2n) is 5.92. The fourth-order valence-corrected chi connectivity index (χ4v) is 2.51. The third kappa shape index (κ3) is 11.3. The molecule has 20 heavy (non-hydrogen) atoms. The third-order valence-corrected chi connectivity index (χ3v) is 3.84. The Bertz CT molecular complexity index is 213. The lowest BCUT2D eigenvalue weighted by Crippen LogP contribution is -2.18. The van der Waals surface area contributed by atoms with Crippen LogP contribution in [0.15, 0.2) is 0 Å². The smallest absolute Gasteiger partial charge is 0.308 e. The molecule has 0 saturated heterocycles. The van der Waals surface area contributed by atoms with Gasteiger partial charge in [0.1, 0.15) is 0 Å². The molecule has 0 aliphatic carbocycles. The van der Waals surface area contributed by atoms with Crippen LogP contribution in [0.4, 0.5) is 0 Å². The summed E-state index contributed by atoms with van der Waals surface area (Å²) in [5, 5.41) is 0. The van der Waals surface area contributed by atoms with Crippen LogP contribution >= 0.6 is 0 Å². The summed E-state index contributed by atoms with van der Waals surface area (Å²) in [6, 6.07) is 0. The van der Waals surface area contributed by atoms with Crippen LogP contribution < -0.4 is 0 Å². The van der Waals surface area contributed by atoms with E-state index < -0.39 is 0 Å². The minimum atomic E-state index is 0.0545. The Morgan fingerprint density at radius 3 is 1.75 bits per heavy atom. The first-order chi connectivity index (χ1) is 9.76. The first kappa shape index (κ1) is 19.5. The molecule has 0 aromatic rings. The summed E-state index contributed by atoms with van der Waals surface area (Å²) in [7, 11) is 0. The summed E-state index contributed by atoms with van der Waals surface area (Å²) in [4.78, 5) is 12.1. The van der Waals surface area contributed by atoms with Gasteiger partial charge < -0.3 is 4.74 Å². The number of hydrogen-bond donors (Lipinski definition) is 0. The zero-order valence-corrected chi connectivity index (χ0v) is 14.1. The maximum Gasteiger partial charge on any atom is 0.308 e. The predicted octanol–water partition coefficient (Wildman–Crippen LogP) is 5.89. The molecule has 0 bridgehead atoms. The Kier molecular flexibility index (Phi) is 14.5. The predicted molar refractivity (Wildman–Crippen MR) is 86.9 cm³/mol. The van der Waals surface area contributed by atoms with Gasteiger partial charge in [-0.1, -0.05) is 78.6 Å². The zero-order chi connectivity index (χ0) is 15.1. The molecule has 0 aromatic carbocycles. The van der Waals surface area contributed by atoms with Crippen molar-refractivity contribution in [3.63, 3.8) is 0 Å². The second-order valence-corrected chi connectivity index (χ2v) is 5.92. The number of carbonyl (C=O) groups excluding carboxylic acids is 1. The van der Waals surface area contributed by atoms with Gasteiger partial charge in [-0.15, -0.1) is 0 Å². The van der Waals surface area contributed by atoms with Crippen LogP contribution in [0, 0.1) is 5.92 Å². The quantitative estimate of drug-likeness (QED) is 0.294. The van der Waals surface area contributed by atoms with Gasteiger partial charge in [-0.05, 0) is 19.3 Å². The average Bonchev–Trinajstić information content (AvgIpc) is 2.46. The van der Waals surface area contributed by atoms with Crippen molar-refractivity contribution >= 4 is 5.97 Å². The van der Waals surface area contributed by atoms with Gasteiger partial charge in [0.25, 0.3) is 0 Å². The van der Waals surface area contributed by atoms with Crippen molar-refractivity contribution in [1.82, 2.24) is 0 Å². The van der Waals surface area contributed by atoms with Gasteiger partial charge in [0, 0.05) is 0 Å². The lowest BCUT2D eigenvalue weighted by molar-refractivity contribution is -0.149. The monoisotopic (exact) mass is 284 g/mol. The molecular weight excluding hydrogens is 248 g/mol. The van der Waals surface area contributed by atoms with Gasteiger partial charge >= 0.3 is 5.97 Å². The molecule has 2 nitrogen and oxygen atoms in total. The molecule has 1 unspecified atom stereocenters. The molecule has 0 radical (unpaired) electrons. The van der Waals surface area contributed by atoms with E-state index in [0.717, 1.165) is 19.3 Å². The fourth-order valence-electron chi connectivity index (χ4n) is 2.51. The maximum absolute atomic E-state index is 12.1. The number of unbranched alkanes of at least 4 members (excludes halogenated alkanes) is 7. The van der Waals surface area contributed by atoms with Gasteiger partial charge in [0.2, 0.25) is 0 Å². The Morgan fingerprint density at radius 1 is 0.750 bits per heavy atom. The molecule has 0 aliphatic heterocycles. The van der Waals surface area contributed by atoms with Crippen molar-refractivity contribution in [3.8, 4) is 0 Å². The topological polar surface area (TPSA) is 26.3 Å². The highest BCUT2D eigenvalue weighted by Gasteiger charge is 2.18. The normalized spacial score (nSPS) is 12.3. The molecular formula is C18H36O2. The van der Waals surface area contributed by atoms with E-state index in [1.54, 1.807) is 0 Å². The minimum absolute atomic E-state index is 0.0545. The van der Waals surface area contributed by atoms with Gasteiger partial charge in [-0.2, -0.15) is 0 Å². The van der Waals surface area contributed by atoms with Gasteiger partial charge in [-0.3, -0.25) is 4.79 Å². The molecule has 1 atom stereocenters. The first-order valence-electron chi connectivity index (χ1n) is 8.92. The van der Waals surface area contributed by atoms with Crippen LogP contribution in [0.1, 0.15) is 97.8 Å². The highest BCUT2D eigenvalue weighted by Crippen LogP contribution is 2.20. The Morgan fingerprint density at radius 2 is 1.25 bits per heavy atom. The molecule has 0 spiro atoms. The standard InChI is InChI=1S/C18H36O2/c1-4-7-9-11-13-15-17(14-12-10-8-5-2)18(19)20-16-6-3/h17H,4-16H2,1-3H3. The fraction of sp³-hybridized carbons (Fsp3) is 0.944. The molecule has 2 heteroatoms. The van der Waals surface area contributed by atoms with E-state index in [1.807, 2.05) is 6.92 Å². The van der Waals surface area contributed by atoms with Crippen LogP contribution in [-0.2, 0) is 9.53 Å². The molecule has 0 N–H and O–H groups in total. The number of esters is 1. The molecule has 0 saturated carbocycles. The zero-order valence-electron chi connectivity index (χ0n) is 14.1. The molecule has 0 rings (SSSR count). The number of carbonyl (C=O) groups is 1. The number of ether oxygens (including phenoxy) is 1. The Labute approximate surface area is 126 Å². The molecule has 0 aromatic heterocycles. The Hall–Kier alpha value is -0.530. The Balaban J connectivity index is 3.93. The van der Waals surface area contributed by atoms with Gasteiger partial charge in [0.05, 0.1) is 12.5 Å². The molecule has 0 aliphatic rings. The van der Waals surface area contributed by atoms with Crippen LogP contribution in [0.5, 0.6) is 0 Å². The van der Waals surface area contributed by atoms with Crippen molar-refractivity contribution in [1.29, 1.82) is 0 Å². The van der Waals surface area contributed by atoms with E-state index in [9.17, 15) is 4.79 Å². The summed E-state index contributed by atoms with van der Waals surface area (Å²) in [6.45, 7) is 7.09. The largest absolute Gasteiger partial charge is 0.465 e. The number of hydrogen-bond acceptors (Lipinski definition) is 2. The SMILES string of the molecule is CCCCCCCC(CCCCCC)C(=O)OCCC. The maximum atomic E-state index is 12.1. The number of rotatable bonds is 14. The van der Waals surface area contributed by atoms with Crippen LogP contribution in [0.25, 0.3) is 0 Å². The summed E-state index contributed by atoms with van der Waals surface area (Å²) >= 11 is 0. The lowest BCUT2D eigenvalue weighted by atomic mass is 9.94. The molecule has 0 fully saturated rings. The highest BCUT2D eigenvalue weighted by molar-refractivity contribution is 5.72. The van der Waals surface area contributed by atoms with Crippen LogP contribution in [0.2, 0.25) is 0 Å². The van der Waals surface area contributed by atoms with Crippen molar-refractivity contribution in [2.75, 3.05) is 6.61 Å². The van der Waals surface area contributed by atoms with E-state index in [4.69, 9.17) is 4.74 Å². The average molecular weight is 284 g/mol. The molecule has 0 heterocycles. The third-order valence-electron chi connectivity index (χ3n) is 3.84. The molecule has 0 amide bonds. The van der Waals surface area contributed by atoms with Crippen molar-refractivity contribution in [2.45, 2.75) is 97.8 Å². The van der Waals surface area contributed by atoms with Crippen molar-refractivity contribution in [2.24, 2.45) is 5.92 Å². The van der Waals surface area contributed by atoms with Crippen LogP contribution in [0.3, 0.4) is 0 Å². The lowest BCUT2D eigenvalue weighted by Gasteiger charge is -2.15. The van der Waals surface area contributed by atoms with Gasteiger partial charge in [-0.25, -0.2) is 0 Å². The van der Waals surface area contributed by atoms with E-state index in [0.29, 0.717) is 6.61 Å². The van der Waals surface area contributed by atoms with E-state index in [1.165, 1.54) is 57.8 Å². The van der Waals surface area contributed by atoms with E-state index in [2.05, 4.69) is 13.8 Å². The van der Waals surface area contributed by atoms with E-state index >= 15 is 0 Å². The first-order valence-corrected chi connectivity index (χ1v) is 8.92. The molecule has 120 valence electrons. The van der Waals surface area contributed by atoms with Gasteiger partial charge in [0.15, 0.2) is 0 Å².